The molecule has 0 aliphatic heterocycles. The highest BCUT2D eigenvalue weighted by Crippen LogP contribution is 2.39. The number of hydrogen-bond donors (Lipinski definition) is 0. The molecule has 5 aromatic carbocycles. The molecule has 0 heterocycles. The van der Waals surface area contributed by atoms with Crippen molar-refractivity contribution in [1.29, 1.82) is 0 Å². The minimum atomic E-state index is 0.589. The zero-order valence-corrected chi connectivity index (χ0v) is 20.2. The molecule has 0 aromatic heterocycles. The van der Waals surface area contributed by atoms with E-state index in [1.807, 2.05) is 0 Å². The van der Waals surface area contributed by atoms with Crippen molar-refractivity contribution in [3.05, 3.63) is 113 Å². The Morgan fingerprint density at radius 1 is 0.758 bits per heavy atom. The molecular weight excluding hydrogens is 396 g/mol. The van der Waals surface area contributed by atoms with Crippen LogP contribution in [0.1, 0.15) is 43.0 Å². The molecule has 1 unspecified atom stereocenters. The fourth-order valence-electron chi connectivity index (χ4n) is 5.38. The number of hydrogen-bond acceptors (Lipinski definition) is 0. The Labute approximate surface area is 197 Å². The van der Waals surface area contributed by atoms with Gasteiger partial charge in [0.2, 0.25) is 0 Å². The lowest BCUT2D eigenvalue weighted by molar-refractivity contribution is 0.578. The van der Waals surface area contributed by atoms with E-state index in [0.717, 1.165) is 12.8 Å². The lowest BCUT2D eigenvalue weighted by Gasteiger charge is -2.18. The van der Waals surface area contributed by atoms with Crippen molar-refractivity contribution in [3.8, 4) is 0 Å². The average molecular weight is 429 g/mol. The Kier molecular flexibility index (Phi) is 5.77. The van der Waals surface area contributed by atoms with Crippen molar-refractivity contribution in [1.82, 2.24) is 0 Å². The van der Waals surface area contributed by atoms with Crippen molar-refractivity contribution in [2.24, 2.45) is 5.92 Å². The van der Waals surface area contributed by atoms with Gasteiger partial charge >= 0.3 is 0 Å². The smallest absolute Gasteiger partial charge is 0.00206 e. The molecule has 0 bridgehead atoms. The van der Waals surface area contributed by atoms with Gasteiger partial charge in [-0.15, -0.1) is 0 Å². The summed E-state index contributed by atoms with van der Waals surface area (Å²) in [6.07, 6.45) is 8.64. The van der Waals surface area contributed by atoms with E-state index in [9.17, 15) is 0 Å². The molecule has 0 aliphatic rings. The predicted octanol–water partition coefficient (Wildman–Crippen LogP) is 9.29. The monoisotopic (exact) mass is 428 g/mol. The first kappa shape index (κ1) is 21.5. The van der Waals surface area contributed by atoms with Crippen LogP contribution in [0, 0.1) is 12.8 Å². The molecule has 1 atom stereocenters. The van der Waals surface area contributed by atoms with Gasteiger partial charge in [0.25, 0.3) is 0 Å². The van der Waals surface area contributed by atoms with Crippen LogP contribution in [-0.2, 0) is 12.8 Å². The summed E-state index contributed by atoms with van der Waals surface area (Å²) >= 11 is 0. The van der Waals surface area contributed by atoms with E-state index in [0.29, 0.717) is 5.92 Å². The summed E-state index contributed by atoms with van der Waals surface area (Å²) in [6.45, 7) is 8.89. The van der Waals surface area contributed by atoms with Crippen LogP contribution >= 0.6 is 0 Å². The Bertz CT molecular complexity index is 1500. The topological polar surface area (TPSA) is 0 Å². The van der Waals surface area contributed by atoms with Crippen LogP contribution in [0.4, 0.5) is 0 Å². The lowest BCUT2D eigenvalue weighted by atomic mass is 9.86. The minimum Gasteiger partial charge on any atom is -0.0877 e. The molecule has 0 N–H and O–H groups in total. The van der Waals surface area contributed by atoms with Crippen molar-refractivity contribution in [2.75, 3.05) is 0 Å². The van der Waals surface area contributed by atoms with Crippen LogP contribution in [0.15, 0.2) is 91.0 Å². The normalized spacial score (nSPS) is 13.6. The number of benzene rings is 5. The van der Waals surface area contributed by atoms with Gasteiger partial charge in [-0.05, 0) is 99.7 Å². The first-order chi connectivity index (χ1) is 16.1. The van der Waals surface area contributed by atoms with Crippen LogP contribution in [0.25, 0.3) is 37.9 Å². The second kappa shape index (κ2) is 8.87. The first-order valence-corrected chi connectivity index (χ1v) is 12.1. The molecular formula is C33H32. The predicted molar refractivity (Wildman–Crippen MR) is 146 cm³/mol. The highest BCUT2D eigenvalue weighted by atomic mass is 14.2. The Balaban J connectivity index is 1.61. The average Bonchev–Trinajstić information content (AvgIpc) is 2.83. The summed E-state index contributed by atoms with van der Waals surface area (Å²) in [5, 5.41) is 8.26. The highest BCUT2D eigenvalue weighted by Gasteiger charge is 2.15. The van der Waals surface area contributed by atoms with Crippen LogP contribution < -0.4 is 0 Å². The Hall–Kier alpha value is -3.38. The summed E-state index contributed by atoms with van der Waals surface area (Å²) < 4.78 is 0. The fraction of sp³-hybridized carbons (Fsp3) is 0.212. The highest BCUT2D eigenvalue weighted by molar-refractivity contribution is 6.25. The SMILES string of the molecule is C/C=C\C=C(/C)c1ccc2ccc3c(CC(C)Cc4ccccc4C)ccc4ccc1c2c43. The van der Waals surface area contributed by atoms with Crippen molar-refractivity contribution in [2.45, 2.75) is 40.5 Å². The summed E-state index contributed by atoms with van der Waals surface area (Å²) in [7, 11) is 0. The van der Waals surface area contributed by atoms with E-state index >= 15 is 0 Å². The molecule has 33 heavy (non-hydrogen) atoms. The fourth-order valence-corrected chi connectivity index (χ4v) is 5.38. The maximum absolute atomic E-state index is 2.39. The minimum absolute atomic E-state index is 0.589. The van der Waals surface area contributed by atoms with Gasteiger partial charge < -0.3 is 0 Å². The lowest BCUT2D eigenvalue weighted by Crippen LogP contribution is -2.05. The molecule has 164 valence electrons. The van der Waals surface area contributed by atoms with E-state index in [-0.39, 0.29) is 0 Å². The number of aryl methyl sites for hydroxylation is 1. The maximum Gasteiger partial charge on any atom is -0.00206 e. The van der Waals surface area contributed by atoms with Crippen molar-refractivity contribution < 1.29 is 0 Å². The van der Waals surface area contributed by atoms with Gasteiger partial charge in [-0.1, -0.05) is 97.9 Å². The van der Waals surface area contributed by atoms with E-state index < -0.39 is 0 Å². The Morgan fingerprint density at radius 3 is 2.15 bits per heavy atom. The second-order valence-corrected chi connectivity index (χ2v) is 9.58. The standard InChI is InChI=1S/C33H32/c1-5-6-9-24(4)29-17-14-26-15-18-30-28(13-12-25-16-19-31(29)33(26)32(25)30)21-22(2)20-27-11-8-7-10-23(27)3/h5-19,22H,20-21H2,1-4H3/b6-5-,24-9+. The molecule has 0 saturated carbocycles. The molecule has 0 saturated heterocycles. The largest absolute Gasteiger partial charge is 0.0877 e. The van der Waals surface area contributed by atoms with Crippen molar-refractivity contribution >= 4 is 37.9 Å². The molecule has 5 aromatic rings. The molecule has 0 spiro atoms. The van der Waals surface area contributed by atoms with E-state index in [4.69, 9.17) is 0 Å². The summed E-state index contributed by atoms with van der Waals surface area (Å²) in [4.78, 5) is 0. The molecule has 0 aliphatic carbocycles. The summed E-state index contributed by atoms with van der Waals surface area (Å²) in [5.74, 6) is 0.589. The van der Waals surface area contributed by atoms with Gasteiger partial charge in [-0.25, -0.2) is 0 Å². The summed E-state index contributed by atoms with van der Waals surface area (Å²) in [6, 6.07) is 27.3. The van der Waals surface area contributed by atoms with E-state index in [1.54, 1.807) is 0 Å². The van der Waals surface area contributed by atoms with Crippen LogP contribution in [0.3, 0.4) is 0 Å². The maximum atomic E-state index is 2.39. The molecule has 0 fully saturated rings. The second-order valence-electron chi connectivity index (χ2n) is 9.58. The van der Waals surface area contributed by atoms with E-state index in [2.05, 4.69) is 119 Å². The van der Waals surface area contributed by atoms with Crippen LogP contribution in [0.2, 0.25) is 0 Å². The zero-order valence-electron chi connectivity index (χ0n) is 20.2. The molecule has 5 rings (SSSR count). The van der Waals surface area contributed by atoms with Gasteiger partial charge in [0.15, 0.2) is 0 Å². The number of allylic oxidation sites excluding steroid dienone is 4. The van der Waals surface area contributed by atoms with Gasteiger partial charge in [0.1, 0.15) is 0 Å². The third-order valence-electron chi connectivity index (χ3n) is 7.12. The third-order valence-corrected chi connectivity index (χ3v) is 7.12. The quantitative estimate of drug-likeness (QED) is 0.187. The molecule has 0 nitrogen and oxygen atoms in total. The molecule has 0 amide bonds. The van der Waals surface area contributed by atoms with Gasteiger partial charge in [-0.3, -0.25) is 0 Å². The van der Waals surface area contributed by atoms with E-state index in [1.165, 1.54) is 60.1 Å². The molecule has 0 heteroatoms. The van der Waals surface area contributed by atoms with Gasteiger partial charge in [-0.2, -0.15) is 0 Å². The zero-order chi connectivity index (χ0) is 22.9. The van der Waals surface area contributed by atoms with Crippen molar-refractivity contribution in [3.63, 3.8) is 0 Å². The van der Waals surface area contributed by atoms with Gasteiger partial charge in [0, 0.05) is 0 Å². The van der Waals surface area contributed by atoms with Gasteiger partial charge in [0.05, 0.1) is 0 Å². The first-order valence-electron chi connectivity index (χ1n) is 12.1. The third kappa shape index (κ3) is 3.95. The summed E-state index contributed by atoms with van der Waals surface area (Å²) in [5.41, 5.74) is 6.96. The van der Waals surface area contributed by atoms with Crippen LogP contribution in [-0.4, -0.2) is 0 Å². The van der Waals surface area contributed by atoms with Crippen LogP contribution in [0.5, 0.6) is 0 Å². The number of rotatable bonds is 6. The Morgan fingerprint density at radius 2 is 1.39 bits per heavy atom. The molecule has 0 radical (unpaired) electrons.